The number of pyridine rings is 1. The molecule has 0 aliphatic carbocycles. The molecule has 0 aliphatic rings. The van der Waals surface area contributed by atoms with Crippen LogP contribution in [0.15, 0.2) is 18.3 Å². The largest absolute Gasteiger partial charge is 0.358 e. The van der Waals surface area contributed by atoms with Gasteiger partial charge in [-0.3, -0.25) is 0 Å². The van der Waals surface area contributed by atoms with Crippen LogP contribution in [0.1, 0.15) is 25.5 Å². The van der Waals surface area contributed by atoms with Gasteiger partial charge in [-0.25, -0.2) is 4.98 Å². The van der Waals surface area contributed by atoms with E-state index in [1.807, 2.05) is 6.20 Å². The summed E-state index contributed by atoms with van der Waals surface area (Å²) in [5.41, 5.74) is 1.29. The van der Waals surface area contributed by atoms with Gasteiger partial charge in [0.15, 0.2) is 0 Å². The molecule has 1 N–H and O–H groups in total. The summed E-state index contributed by atoms with van der Waals surface area (Å²) in [6.45, 7) is 7.31. The molecule has 0 saturated heterocycles. The van der Waals surface area contributed by atoms with Crippen LogP contribution in [0.2, 0.25) is 0 Å². The number of likely N-dealkylation sites (N-methyl/N-ethyl adjacent to an activating group) is 2. The van der Waals surface area contributed by atoms with Crippen molar-refractivity contribution in [2.24, 2.45) is 0 Å². The molecule has 0 amide bonds. The van der Waals surface area contributed by atoms with Crippen LogP contribution in [0.3, 0.4) is 0 Å². The van der Waals surface area contributed by atoms with Gasteiger partial charge in [0.2, 0.25) is 0 Å². The van der Waals surface area contributed by atoms with Gasteiger partial charge < -0.3 is 15.1 Å². The fraction of sp³-hybridized carbons (Fsp3) is 0.643. The Morgan fingerprint density at radius 2 is 2.00 bits per heavy atom. The smallest absolute Gasteiger partial charge is 0.128 e. The van der Waals surface area contributed by atoms with E-state index in [2.05, 4.69) is 67.2 Å². The normalized spacial score (nSPS) is 12.8. The van der Waals surface area contributed by atoms with Crippen LogP contribution in [0.25, 0.3) is 0 Å². The molecule has 4 nitrogen and oxygen atoms in total. The predicted octanol–water partition coefficient (Wildman–Crippen LogP) is 1.75. The first-order valence-electron chi connectivity index (χ1n) is 6.59. The quantitative estimate of drug-likeness (QED) is 0.799. The van der Waals surface area contributed by atoms with E-state index in [4.69, 9.17) is 0 Å². The number of nitrogens with one attached hydrogen (secondary N) is 1. The number of hydrogen-bond acceptors (Lipinski definition) is 4. The van der Waals surface area contributed by atoms with E-state index >= 15 is 0 Å². The van der Waals surface area contributed by atoms with Crippen molar-refractivity contribution in [3.63, 3.8) is 0 Å². The maximum atomic E-state index is 4.44. The molecule has 4 heteroatoms. The van der Waals surface area contributed by atoms with E-state index in [0.29, 0.717) is 6.04 Å². The minimum Gasteiger partial charge on any atom is -0.358 e. The molecule has 18 heavy (non-hydrogen) atoms. The molecule has 1 atom stereocenters. The van der Waals surface area contributed by atoms with Crippen molar-refractivity contribution >= 4 is 5.82 Å². The predicted molar refractivity (Wildman–Crippen MR) is 78.2 cm³/mol. The Bertz CT molecular complexity index is 351. The molecular weight excluding hydrogens is 224 g/mol. The summed E-state index contributed by atoms with van der Waals surface area (Å²) in [5.74, 6) is 1.04. The van der Waals surface area contributed by atoms with E-state index < -0.39 is 0 Å². The van der Waals surface area contributed by atoms with Gasteiger partial charge in [-0.05, 0) is 45.3 Å². The van der Waals surface area contributed by atoms with Crippen molar-refractivity contribution in [3.05, 3.63) is 23.9 Å². The highest BCUT2D eigenvalue weighted by atomic mass is 15.2. The molecule has 1 aromatic rings. The number of hydrogen-bond donors (Lipinski definition) is 1. The summed E-state index contributed by atoms with van der Waals surface area (Å²) >= 11 is 0. The summed E-state index contributed by atoms with van der Waals surface area (Å²) in [6, 6.07) is 4.62. The van der Waals surface area contributed by atoms with Crippen molar-refractivity contribution in [2.75, 3.05) is 45.7 Å². The molecule has 0 spiro atoms. The zero-order valence-electron chi connectivity index (χ0n) is 12.3. The molecule has 0 radical (unpaired) electrons. The summed E-state index contributed by atoms with van der Waals surface area (Å²) < 4.78 is 0. The highest BCUT2D eigenvalue weighted by Gasteiger charge is 2.07. The van der Waals surface area contributed by atoms with Crippen LogP contribution in [0.5, 0.6) is 0 Å². The van der Waals surface area contributed by atoms with Crippen LogP contribution in [0, 0.1) is 0 Å². The molecule has 0 saturated carbocycles. The summed E-state index contributed by atoms with van der Waals surface area (Å²) in [6.07, 6.45) is 1.89. The maximum absolute atomic E-state index is 4.44. The fourth-order valence-corrected chi connectivity index (χ4v) is 1.80. The highest BCUT2D eigenvalue weighted by Crippen LogP contribution is 2.17. The zero-order chi connectivity index (χ0) is 13.5. The third-order valence-corrected chi connectivity index (χ3v) is 3.05. The van der Waals surface area contributed by atoms with Crippen molar-refractivity contribution in [3.8, 4) is 0 Å². The first-order chi connectivity index (χ1) is 8.54. The Morgan fingerprint density at radius 3 is 2.61 bits per heavy atom. The molecule has 0 aliphatic heterocycles. The summed E-state index contributed by atoms with van der Waals surface area (Å²) in [5, 5.41) is 3.42. The summed E-state index contributed by atoms with van der Waals surface area (Å²) in [7, 11) is 6.27. The molecule has 1 unspecified atom stereocenters. The van der Waals surface area contributed by atoms with Crippen LogP contribution in [0.4, 0.5) is 5.82 Å². The standard InChI is InChI=1S/C14H26N4/c1-6-15-12(2)13-7-8-16-14(11-13)18(5)10-9-17(3)4/h7-8,11-12,15H,6,9-10H2,1-5H3. The lowest BCUT2D eigenvalue weighted by molar-refractivity contribution is 0.416. The van der Waals surface area contributed by atoms with E-state index in [1.54, 1.807) is 0 Å². The Labute approximate surface area is 111 Å². The lowest BCUT2D eigenvalue weighted by Crippen LogP contribution is -2.29. The summed E-state index contributed by atoms with van der Waals surface area (Å²) in [4.78, 5) is 8.82. The van der Waals surface area contributed by atoms with Gasteiger partial charge in [-0.2, -0.15) is 0 Å². The molecule has 0 bridgehead atoms. The lowest BCUT2D eigenvalue weighted by Gasteiger charge is -2.22. The molecule has 0 aromatic carbocycles. The molecule has 1 aromatic heterocycles. The maximum Gasteiger partial charge on any atom is 0.128 e. The molecule has 1 heterocycles. The topological polar surface area (TPSA) is 31.4 Å². The van der Waals surface area contributed by atoms with Crippen LogP contribution >= 0.6 is 0 Å². The Balaban J connectivity index is 2.68. The van der Waals surface area contributed by atoms with Crippen LogP contribution in [-0.2, 0) is 0 Å². The Morgan fingerprint density at radius 1 is 1.28 bits per heavy atom. The first kappa shape index (κ1) is 14.9. The van der Waals surface area contributed by atoms with Gasteiger partial charge in [0, 0.05) is 32.4 Å². The monoisotopic (exact) mass is 250 g/mol. The van der Waals surface area contributed by atoms with E-state index in [9.17, 15) is 0 Å². The van der Waals surface area contributed by atoms with Crippen molar-refractivity contribution in [1.29, 1.82) is 0 Å². The number of nitrogens with zero attached hydrogens (tertiary/aromatic N) is 3. The SMILES string of the molecule is CCNC(C)c1ccnc(N(C)CCN(C)C)c1. The number of anilines is 1. The van der Waals surface area contributed by atoms with Gasteiger partial charge in [-0.15, -0.1) is 0 Å². The van der Waals surface area contributed by atoms with Gasteiger partial charge in [0.1, 0.15) is 5.82 Å². The van der Waals surface area contributed by atoms with E-state index in [1.165, 1.54) is 5.56 Å². The Kier molecular flexibility index (Phi) is 6.09. The van der Waals surface area contributed by atoms with Crippen molar-refractivity contribution in [1.82, 2.24) is 15.2 Å². The molecule has 1 rings (SSSR count). The second-order valence-electron chi connectivity index (χ2n) is 4.95. The van der Waals surface area contributed by atoms with Gasteiger partial charge in [0.25, 0.3) is 0 Å². The number of rotatable bonds is 7. The van der Waals surface area contributed by atoms with Crippen molar-refractivity contribution < 1.29 is 0 Å². The number of aromatic nitrogens is 1. The average Bonchev–Trinajstić information content (AvgIpc) is 2.36. The fourth-order valence-electron chi connectivity index (χ4n) is 1.80. The van der Waals surface area contributed by atoms with E-state index in [0.717, 1.165) is 25.5 Å². The highest BCUT2D eigenvalue weighted by molar-refractivity contribution is 5.40. The Hall–Kier alpha value is -1.13. The first-order valence-corrected chi connectivity index (χ1v) is 6.59. The van der Waals surface area contributed by atoms with Crippen LogP contribution < -0.4 is 10.2 Å². The van der Waals surface area contributed by atoms with Gasteiger partial charge in [0.05, 0.1) is 0 Å². The van der Waals surface area contributed by atoms with Gasteiger partial charge >= 0.3 is 0 Å². The van der Waals surface area contributed by atoms with Crippen LogP contribution in [-0.4, -0.2) is 50.7 Å². The average molecular weight is 250 g/mol. The minimum atomic E-state index is 0.374. The van der Waals surface area contributed by atoms with Gasteiger partial charge in [-0.1, -0.05) is 6.92 Å². The molecule has 0 fully saturated rings. The second-order valence-corrected chi connectivity index (χ2v) is 4.95. The second kappa shape index (κ2) is 7.34. The third kappa shape index (κ3) is 4.63. The molecular formula is C14H26N4. The lowest BCUT2D eigenvalue weighted by atomic mass is 10.1. The van der Waals surface area contributed by atoms with Crippen molar-refractivity contribution in [2.45, 2.75) is 19.9 Å². The van der Waals surface area contributed by atoms with E-state index in [-0.39, 0.29) is 0 Å². The zero-order valence-corrected chi connectivity index (χ0v) is 12.3. The minimum absolute atomic E-state index is 0.374. The third-order valence-electron chi connectivity index (χ3n) is 3.05. The molecule has 102 valence electrons.